The van der Waals surface area contributed by atoms with Crippen LogP contribution in [0.15, 0.2) is 41.7 Å². The van der Waals surface area contributed by atoms with E-state index in [-0.39, 0.29) is 0 Å². The van der Waals surface area contributed by atoms with Crippen molar-refractivity contribution in [3.8, 4) is 0 Å². The van der Waals surface area contributed by atoms with Crippen molar-refractivity contribution in [1.82, 2.24) is 4.98 Å². The second-order valence-electron chi connectivity index (χ2n) is 2.77. The Labute approximate surface area is 79.6 Å². The second kappa shape index (κ2) is 3.33. The molecule has 2 rings (SSSR count). The van der Waals surface area contributed by atoms with Gasteiger partial charge in [0, 0.05) is 16.8 Å². The zero-order valence-corrected chi connectivity index (χ0v) is 7.18. The summed E-state index contributed by atoms with van der Waals surface area (Å²) < 4.78 is 0. The van der Waals surface area contributed by atoms with Crippen LogP contribution < -0.4 is 0 Å². The Kier molecular flexibility index (Phi) is 2.02. The van der Waals surface area contributed by atoms with Gasteiger partial charge >= 0.3 is 5.91 Å². The monoisotopic (exact) mass is 186 g/mol. The van der Waals surface area contributed by atoms with Gasteiger partial charge in [-0.15, -0.1) is 4.91 Å². The maximum Gasteiger partial charge on any atom is 0.317 e. The molecule has 4 heteroatoms. The highest BCUT2D eigenvalue weighted by atomic mass is 16.3. The van der Waals surface area contributed by atoms with E-state index in [0.717, 1.165) is 0 Å². The largest absolute Gasteiger partial charge is 0.317 e. The standard InChI is InChI=1S/C10H6N2O2/c13-10(12-14)8-5-6-11-9-4-2-1-3-7(8)9/h1-6H. The zero-order chi connectivity index (χ0) is 9.97. The van der Waals surface area contributed by atoms with Crippen molar-refractivity contribution in [2.75, 3.05) is 0 Å². The van der Waals surface area contributed by atoms with Crippen molar-refractivity contribution in [2.45, 2.75) is 0 Å². The average Bonchev–Trinajstić information content (AvgIpc) is 2.27. The van der Waals surface area contributed by atoms with Crippen LogP contribution in [0, 0.1) is 4.91 Å². The third kappa shape index (κ3) is 1.26. The lowest BCUT2D eigenvalue weighted by Gasteiger charge is -1.99. The van der Waals surface area contributed by atoms with Gasteiger partial charge in [0.15, 0.2) is 0 Å². The molecule has 0 saturated heterocycles. The Morgan fingerprint density at radius 2 is 2.00 bits per heavy atom. The van der Waals surface area contributed by atoms with Crippen LogP contribution in [0.4, 0.5) is 0 Å². The molecule has 0 unspecified atom stereocenters. The summed E-state index contributed by atoms with van der Waals surface area (Å²) in [5, 5.41) is 3.04. The van der Waals surface area contributed by atoms with E-state index in [2.05, 4.69) is 10.2 Å². The van der Waals surface area contributed by atoms with Crippen molar-refractivity contribution < 1.29 is 4.79 Å². The predicted molar refractivity (Wildman–Crippen MR) is 51.9 cm³/mol. The van der Waals surface area contributed by atoms with Crippen molar-refractivity contribution in [3.63, 3.8) is 0 Å². The van der Waals surface area contributed by atoms with Crippen molar-refractivity contribution >= 4 is 16.8 Å². The van der Waals surface area contributed by atoms with Crippen molar-refractivity contribution in [2.24, 2.45) is 5.18 Å². The molecule has 4 nitrogen and oxygen atoms in total. The van der Waals surface area contributed by atoms with Crippen LogP contribution in [0.2, 0.25) is 0 Å². The van der Waals surface area contributed by atoms with E-state index in [1.165, 1.54) is 12.3 Å². The Bertz CT molecular complexity index is 503. The van der Waals surface area contributed by atoms with Gasteiger partial charge in [-0.2, -0.15) is 0 Å². The van der Waals surface area contributed by atoms with E-state index in [1.54, 1.807) is 18.2 Å². The SMILES string of the molecule is O=NC(=O)c1ccnc2ccccc12. The molecule has 0 bridgehead atoms. The molecule has 2 aromatic rings. The van der Waals surface area contributed by atoms with Crippen LogP contribution in [0.25, 0.3) is 10.9 Å². The van der Waals surface area contributed by atoms with E-state index in [1.807, 2.05) is 6.07 Å². The maximum absolute atomic E-state index is 11.1. The Morgan fingerprint density at radius 3 is 2.79 bits per heavy atom. The first-order valence-electron chi connectivity index (χ1n) is 4.04. The second-order valence-corrected chi connectivity index (χ2v) is 2.77. The third-order valence-corrected chi connectivity index (χ3v) is 1.96. The van der Waals surface area contributed by atoms with Gasteiger partial charge in [-0.1, -0.05) is 18.2 Å². The number of benzene rings is 1. The summed E-state index contributed by atoms with van der Waals surface area (Å²) >= 11 is 0. The summed E-state index contributed by atoms with van der Waals surface area (Å²) in [6, 6.07) is 8.60. The molecule has 0 fully saturated rings. The highest BCUT2D eigenvalue weighted by molar-refractivity contribution is 6.06. The lowest BCUT2D eigenvalue weighted by Crippen LogP contribution is -1.95. The molecular weight excluding hydrogens is 180 g/mol. The van der Waals surface area contributed by atoms with Crippen molar-refractivity contribution in [3.05, 3.63) is 47.0 Å². The third-order valence-electron chi connectivity index (χ3n) is 1.96. The maximum atomic E-state index is 11.1. The molecule has 0 radical (unpaired) electrons. The van der Waals surface area contributed by atoms with Gasteiger partial charge in [-0.05, 0) is 12.1 Å². The van der Waals surface area contributed by atoms with Crippen LogP contribution in [0.5, 0.6) is 0 Å². The molecule has 14 heavy (non-hydrogen) atoms. The van der Waals surface area contributed by atoms with Gasteiger partial charge < -0.3 is 0 Å². The van der Waals surface area contributed by atoms with Crippen LogP contribution >= 0.6 is 0 Å². The quantitative estimate of drug-likeness (QED) is 0.641. The molecule has 68 valence electrons. The van der Waals surface area contributed by atoms with E-state index in [9.17, 15) is 9.70 Å². The van der Waals surface area contributed by atoms with Crippen LogP contribution in [-0.4, -0.2) is 10.9 Å². The molecule has 0 atom stereocenters. The lowest BCUT2D eigenvalue weighted by atomic mass is 10.1. The van der Waals surface area contributed by atoms with Gasteiger partial charge in [0.2, 0.25) is 0 Å². The first kappa shape index (κ1) is 8.50. The van der Waals surface area contributed by atoms with E-state index < -0.39 is 5.91 Å². The smallest absolute Gasteiger partial charge is 0.263 e. The Morgan fingerprint density at radius 1 is 1.21 bits per heavy atom. The molecule has 0 aliphatic carbocycles. The minimum atomic E-state index is -0.761. The molecule has 0 spiro atoms. The van der Waals surface area contributed by atoms with E-state index >= 15 is 0 Å². The number of para-hydroxylation sites is 1. The average molecular weight is 186 g/mol. The van der Waals surface area contributed by atoms with Gasteiger partial charge in [0.25, 0.3) is 0 Å². The summed E-state index contributed by atoms with van der Waals surface area (Å²) in [7, 11) is 0. The fraction of sp³-hybridized carbons (Fsp3) is 0. The molecular formula is C10H6N2O2. The Hall–Kier alpha value is -2.10. The van der Waals surface area contributed by atoms with Crippen LogP contribution in [-0.2, 0) is 0 Å². The summed E-state index contributed by atoms with van der Waals surface area (Å²) in [6.07, 6.45) is 1.49. The minimum Gasteiger partial charge on any atom is -0.263 e. The van der Waals surface area contributed by atoms with Gasteiger partial charge in [-0.3, -0.25) is 9.78 Å². The lowest BCUT2D eigenvalue weighted by molar-refractivity contribution is 0.100. The van der Waals surface area contributed by atoms with Gasteiger partial charge in [0.1, 0.15) is 0 Å². The first-order valence-corrected chi connectivity index (χ1v) is 4.04. The number of amides is 1. The fourth-order valence-corrected chi connectivity index (χ4v) is 1.33. The molecule has 0 saturated carbocycles. The van der Waals surface area contributed by atoms with Crippen LogP contribution in [0.1, 0.15) is 10.4 Å². The zero-order valence-electron chi connectivity index (χ0n) is 7.18. The Balaban J connectivity index is 2.77. The number of hydrogen-bond acceptors (Lipinski definition) is 3. The van der Waals surface area contributed by atoms with Crippen LogP contribution in [0.3, 0.4) is 0 Å². The predicted octanol–water partition coefficient (Wildman–Crippen LogP) is 2.14. The highest BCUT2D eigenvalue weighted by Crippen LogP contribution is 2.16. The highest BCUT2D eigenvalue weighted by Gasteiger charge is 2.09. The molecule has 0 N–H and O–H groups in total. The summed E-state index contributed by atoms with van der Waals surface area (Å²) in [4.78, 5) is 25.3. The number of pyridine rings is 1. The number of fused-ring (bicyclic) bond motifs is 1. The van der Waals surface area contributed by atoms with E-state index in [4.69, 9.17) is 0 Å². The fourth-order valence-electron chi connectivity index (χ4n) is 1.33. The van der Waals surface area contributed by atoms with Gasteiger partial charge in [-0.25, -0.2) is 0 Å². The molecule has 1 aromatic heterocycles. The number of carbonyl (C=O) groups is 1. The van der Waals surface area contributed by atoms with Crippen molar-refractivity contribution in [1.29, 1.82) is 0 Å². The number of hydrogen-bond donors (Lipinski definition) is 0. The first-order chi connectivity index (χ1) is 6.83. The number of nitroso groups, excluding NO2 is 1. The molecule has 1 aromatic carbocycles. The summed E-state index contributed by atoms with van der Waals surface area (Å²) in [6.45, 7) is 0. The number of aromatic nitrogens is 1. The number of nitrogens with zero attached hydrogens (tertiary/aromatic N) is 2. The molecule has 0 aliphatic rings. The van der Waals surface area contributed by atoms with E-state index in [0.29, 0.717) is 16.5 Å². The number of rotatable bonds is 1. The topological polar surface area (TPSA) is 59.4 Å². The van der Waals surface area contributed by atoms with Gasteiger partial charge in [0.05, 0.1) is 11.1 Å². The molecule has 1 heterocycles. The minimum absolute atomic E-state index is 0.297. The summed E-state index contributed by atoms with van der Waals surface area (Å²) in [5.41, 5.74) is 0.979. The molecule has 1 amide bonds. The number of carbonyl (C=O) groups excluding carboxylic acids is 1. The molecule has 0 aliphatic heterocycles. The summed E-state index contributed by atoms with van der Waals surface area (Å²) in [5.74, 6) is -0.761. The normalized spacial score (nSPS) is 10.0.